The molecule has 1 heterocycles. The average Bonchev–Trinajstić information content (AvgIpc) is 2.77. The third-order valence-corrected chi connectivity index (χ3v) is 4.22. The summed E-state index contributed by atoms with van der Waals surface area (Å²) >= 11 is 3.37. The first-order chi connectivity index (χ1) is 11.1. The van der Waals surface area contributed by atoms with Crippen molar-refractivity contribution in [1.82, 2.24) is 0 Å². The molecule has 0 bridgehead atoms. The number of ether oxygens (including phenoxy) is 1. The van der Waals surface area contributed by atoms with E-state index < -0.39 is 11.7 Å². The number of carbonyl (C=O) groups is 2. The number of halogens is 1. The van der Waals surface area contributed by atoms with Gasteiger partial charge < -0.3 is 9.64 Å². The molecule has 0 unspecified atom stereocenters. The number of rotatable bonds is 5. The van der Waals surface area contributed by atoms with Crippen LogP contribution in [0.2, 0.25) is 0 Å². The molecule has 0 saturated carbocycles. The lowest BCUT2D eigenvalue weighted by molar-refractivity contribution is -0.114. The van der Waals surface area contributed by atoms with E-state index in [0.717, 1.165) is 21.5 Å². The predicted molar refractivity (Wildman–Crippen MR) is 92.1 cm³/mol. The first kappa shape index (κ1) is 15.7. The van der Waals surface area contributed by atoms with Gasteiger partial charge >= 0.3 is 0 Å². The van der Waals surface area contributed by atoms with Crippen LogP contribution in [0, 0.1) is 6.92 Å². The molecule has 1 aliphatic rings. The van der Waals surface area contributed by atoms with Gasteiger partial charge in [0.2, 0.25) is 0 Å². The first-order valence-electron chi connectivity index (χ1n) is 7.42. The summed E-state index contributed by atoms with van der Waals surface area (Å²) < 4.78 is 6.44. The summed E-state index contributed by atoms with van der Waals surface area (Å²) in [4.78, 5) is 25.9. The standard InChI is InChI=1S/C18H16BrNO3/c1-12-10-13(19)11-15-16(12)20(18(22)17(15)21)8-5-9-23-14-6-3-2-4-7-14/h2-4,6-7,10-11H,5,8-9H2,1H3. The third-order valence-electron chi connectivity index (χ3n) is 3.76. The zero-order chi connectivity index (χ0) is 16.4. The van der Waals surface area contributed by atoms with Crippen molar-refractivity contribution in [1.29, 1.82) is 0 Å². The summed E-state index contributed by atoms with van der Waals surface area (Å²) in [7, 11) is 0. The molecular formula is C18H16BrNO3. The molecule has 0 spiro atoms. The van der Waals surface area contributed by atoms with Crippen LogP contribution in [-0.2, 0) is 4.79 Å². The van der Waals surface area contributed by atoms with E-state index >= 15 is 0 Å². The number of amides is 1. The van der Waals surface area contributed by atoms with Gasteiger partial charge in [0.1, 0.15) is 5.75 Å². The maximum atomic E-state index is 12.2. The number of hydrogen-bond donors (Lipinski definition) is 0. The number of Topliss-reactive ketones (excluding diaryl/α,β-unsaturated/α-hetero) is 1. The van der Waals surface area contributed by atoms with Gasteiger partial charge in [0.25, 0.3) is 11.7 Å². The Morgan fingerprint density at radius 1 is 1.13 bits per heavy atom. The second-order valence-electron chi connectivity index (χ2n) is 5.42. The number of carbonyl (C=O) groups excluding carboxylic acids is 2. The van der Waals surface area contributed by atoms with Crippen LogP contribution in [0.4, 0.5) is 5.69 Å². The minimum atomic E-state index is -0.457. The van der Waals surface area contributed by atoms with Crippen LogP contribution in [0.15, 0.2) is 46.9 Å². The molecule has 4 nitrogen and oxygen atoms in total. The minimum Gasteiger partial charge on any atom is -0.494 e. The maximum Gasteiger partial charge on any atom is 0.299 e. The Morgan fingerprint density at radius 2 is 1.87 bits per heavy atom. The van der Waals surface area contributed by atoms with Crippen molar-refractivity contribution in [2.75, 3.05) is 18.1 Å². The molecule has 2 aromatic carbocycles. The molecule has 0 radical (unpaired) electrons. The topological polar surface area (TPSA) is 46.6 Å². The number of anilines is 1. The summed E-state index contributed by atoms with van der Waals surface area (Å²) in [6.07, 6.45) is 0.656. The van der Waals surface area contributed by atoms with E-state index in [4.69, 9.17) is 4.74 Å². The Labute approximate surface area is 143 Å². The number of para-hydroxylation sites is 1. The Bertz CT molecular complexity index is 758. The lowest BCUT2D eigenvalue weighted by Gasteiger charge is -2.18. The molecule has 0 aliphatic carbocycles. The van der Waals surface area contributed by atoms with Crippen LogP contribution >= 0.6 is 15.9 Å². The summed E-state index contributed by atoms with van der Waals surface area (Å²) in [6.45, 7) is 2.86. The zero-order valence-electron chi connectivity index (χ0n) is 12.7. The molecule has 0 aromatic heterocycles. The molecule has 3 rings (SSSR count). The van der Waals surface area contributed by atoms with Crippen LogP contribution in [0.5, 0.6) is 5.75 Å². The van der Waals surface area contributed by atoms with Crippen LogP contribution in [-0.4, -0.2) is 24.8 Å². The summed E-state index contributed by atoms with van der Waals surface area (Å²) in [5.74, 6) is -0.0916. The average molecular weight is 374 g/mol. The Morgan fingerprint density at radius 3 is 2.61 bits per heavy atom. The van der Waals surface area contributed by atoms with Gasteiger partial charge in [-0.2, -0.15) is 0 Å². The highest BCUT2D eigenvalue weighted by molar-refractivity contribution is 9.10. The van der Waals surface area contributed by atoms with Crippen LogP contribution in [0.1, 0.15) is 22.3 Å². The number of aryl methyl sites for hydroxylation is 1. The quantitative estimate of drug-likeness (QED) is 0.592. The molecule has 0 fully saturated rings. The fraction of sp³-hybridized carbons (Fsp3) is 0.222. The number of ketones is 1. The highest BCUT2D eigenvalue weighted by Gasteiger charge is 2.36. The predicted octanol–water partition coefficient (Wildman–Crippen LogP) is 3.76. The monoisotopic (exact) mass is 373 g/mol. The second-order valence-corrected chi connectivity index (χ2v) is 6.34. The zero-order valence-corrected chi connectivity index (χ0v) is 14.3. The van der Waals surface area contributed by atoms with E-state index in [-0.39, 0.29) is 0 Å². The number of benzene rings is 2. The highest BCUT2D eigenvalue weighted by Crippen LogP contribution is 2.35. The normalized spacial score (nSPS) is 13.4. The van der Waals surface area contributed by atoms with Crippen molar-refractivity contribution in [3.05, 3.63) is 58.1 Å². The van der Waals surface area contributed by atoms with Crippen LogP contribution in [0.25, 0.3) is 0 Å². The fourth-order valence-electron chi connectivity index (χ4n) is 2.75. The minimum absolute atomic E-state index is 0.437. The van der Waals surface area contributed by atoms with E-state index in [0.29, 0.717) is 25.1 Å². The Hall–Kier alpha value is -2.14. The molecular weight excluding hydrogens is 358 g/mol. The van der Waals surface area contributed by atoms with Crippen molar-refractivity contribution >= 4 is 33.3 Å². The van der Waals surface area contributed by atoms with E-state index in [2.05, 4.69) is 15.9 Å². The molecule has 5 heteroatoms. The van der Waals surface area contributed by atoms with Crippen molar-refractivity contribution in [3.63, 3.8) is 0 Å². The van der Waals surface area contributed by atoms with Crippen molar-refractivity contribution in [3.8, 4) is 5.75 Å². The van der Waals surface area contributed by atoms with E-state index in [9.17, 15) is 9.59 Å². The van der Waals surface area contributed by atoms with Crippen LogP contribution < -0.4 is 9.64 Å². The van der Waals surface area contributed by atoms with Crippen molar-refractivity contribution in [2.24, 2.45) is 0 Å². The van der Waals surface area contributed by atoms with Gasteiger partial charge in [-0.1, -0.05) is 34.1 Å². The number of nitrogens with zero attached hydrogens (tertiary/aromatic N) is 1. The maximum absolute atomic E-state index is 12.2. The molecule has 0 N–H and O–H groups in total. The Kier molecular flexibility index (Phi) is 4.48. The molecule has 0 saturated heterocycles. The van der Waals surface area contributed by atoms with E-state index in [1.807, 2.05) is 43.3 Å². The van der Waals surface area contributed by atoms with Gasteiger partial charge in [0.15, 0.2) is 0 Å². The van der Waals surface area contributed by atoms with Crippen LogP contribution in [0.3, 0.4) is 0 Å². The third kappa shape index (κ3) is 3.15. The summed E-state index contributed by atoms with van der Waals surface area (Å²) in [6, 6.07) is 13.2. The van der Waals surface area contributed by atoms with E-state index in [1.54, 1.807) is 11.0 Å². The van der Waals surface area contributed by atoms with Gasteiger partial charge in [0, 0.05) is 11.0 Å². The molecule has 118 valence electrons. The van der Waals surface area contributed by atoms with Gasteiger partial charge in [-0.15, -0.1) is 0 Å². The number of fused-ring (bicyclic) bond motifs is 1. The Balaban J connectivity index is 1.67. The summed E-state index contributed by atoms with van der Waals surface area (Å²) in [5, 5.41) is 0. The van der Waals surface area contributed by atoms with Crippen molar-refractivity contribution < 1.29 is 14.3 Å². The van der Waals surface area contributed by atoms with E-state index in [1.165, 1.54) is 0 Å². The molecule has 2 aromatic rings. The molecule has 0 atom stereocenters. The summed E-state index contributed by atoms with van der Waals surface area (Å²) in [5.41, 5.74) is 2.12. The van der Waals surface area contributed by atoms with Gasteiger partial charge in [0.05, 0.1) is 17.9 Å². The molecule has 23 heavy (non-hydrogen) atoms. The van der Waals surface area contributed by atoms with Gasteiger partial charge in [-0.25, -0.2) is 0 Å². The molecule has 1 amide bonds. The fourth-order valence-corrected chi connectivity index (χ4v) is 3.32. The lowest BCUT2D eigenvalue weighted by atomic mass is 10.1. The first-order valence-corrected chi connectivity index (χ1v) is 8.21. The molecule has 1 aliphatic heterocycles. The van der Waals surface area contributed by atoms with Gasteiger partial charge in [-0.3, -0.25) is 9.59 Å². The number of hydrogen-bond acceptors (Lipinski definition) is 3. The largest absolute Gasteiger partial charge is 0.494 e. The van der Waals surface area contributed by atoms with Gasteiger partial charge in [-0.05, 0) is 43.2 Å². The highest BCUT2D eigenvalue weighted by atomic mass is 79.9. The second kappa shape index (κ2) is 6.54. The smallest absolute Gasteiger partial charge is 0.299 e. The lowest BCUT2D eigenvalue weighted by Crippen LogP contribution is -2.31. The SMILES string of the molecule is Cc1cc(Br)cc2c1N(CCCOc1ccccc1)C(=O)C2=O. The van der Waals surface area contributed by atoms with Crippen molar-refractivity contribution in [2.45, 2.75) is 13.3 Å².